The first-order valence-electron chi connectivity index (χ1n) is 7.38. The molecule has 0 radical (unpaired) electrons. The molecule has 4 aromatic rings. The van der Waals surface area contributed by atoms with Crippen LogP contribution < -0.4 is 0 Å². The molecule has 0 spiro atoms. The molecule has 1 heteroatoms. The molecule has 0 saturated heterocycles. The van der Waals surface area contributed by atoms with Gasteiger partial charge in [-0.25, -0.2) is 0 Å². The fraction of sp³-hybridized carbons (Fsp3) is 0. The summed E-state index contributed by atoms with van der Waals surface area (Å²) in [6.45, 7) is 0. The van der Waals surface area contributed by atoms with Gasteiger partial charge in [-0.1, -0.05) is 0 Å². The molecule has 0 aliphatic carbocycles. The van der Waals surface area contributed by atoms with Gasteiger partial charge in [0, 0.05) is 0 Å². The van der Waals surface area contributed by atoms with Crippen LogP contribution in [0.5, 0.6) is 0 Å². The molecule has 0 amide bonds. The number of rotatable bonds is 2. The molecule has 0 saturated carbocycles. The quantitative estimate of drug-likeness (QED) is 0.420. The Morgan fingerprint density at radius 2 is 1.14 bits per heavy atom. The van der Waals surface area contributed by atoms with Crippen molar-refractivity contribution in [1.82, 2.24) is 0 Å². The zero-order valence-electron chi connectivity index (χ0n) is 12.1. The fourth-order valence-electron chi connectivity index (χ4n) is 2.85. The molecule has 4 rings (SSSR count). The predicted molar refractivity (Wildman–Crippen MR) is 96.2 cm³/mol. The molecule has 0 aliphatic heterocycles. The molecular weight excluding hydrogens is 331 g/mol. The molecular formula is C21H15Se+. The van der Waals surface area contributed by atoms with Crippen LogP contribution in [0.15, 0.2) is 89.9 Å². The Bertz CT molecular complexity index is 912. The molecule has 0 bridgehead atoms. The first-order valence-corrected chi connectivity index (χ1v) is 9.22. The van der Waals surface area contributed by atoms with Crippen molar-refractivity contribution in [1.29, 1.82) is 0 Å². The van der Waals surface area contributed by atoms with Crippen LogP contribution in [0.25, 0.3) is 31.9 Å². The van der Waals surface area contributed by atoms with E-state index in [9.17, 15) is 0 Å². The molecule has 0 N–H and O–H groups in total. The topological polar surface area (TPSA) is 0 Å². The van der Waals surface area contributed by atoms with E-state index in [-0.39, 0.29) is 0 Å². The summed E-state index contributed by atoms with van der Waals surface area (Å²) in [7, 11) is 0. The standard InChI is InChI=1S/C21H15Se/c1-3-9-16(10-4-1)19-15-22-20-14-8-7-13-18(20)21(19)17-11-5-2-6-12-17/h1-15H/q+1. The van der Waals surface area contributed by atoms with Gasteiger partial charge in [0.1, 0.15) is 0 Å². The summed E-state index contributed by atoms with van der Waals surface area (Å²) in [5, 5.41) is 1.38. The second-order valence-electron chi connectivity index (χ2n) is 5.25. The zero-order chi connectivity index (χ0) is 14.8. The molecule has 0 fully saturated rings. The average molecular weight is 346 g/mol. The van der Waals surface area contributed by atoms with E-state index in [0.29, 0.717) is 14.5 Å². The Balaban J connectivity index is 2.09. The van der Waals surface area contributed by atoms with Gasteiger partial charge in [-0.05, 0) is 0 Å². The number of benzene rings is 3. The van der Waals surface area contributed by atoms with Gasteiger partial charge in [-0.15, -0.1) is 0 Å². The number of hydrogen-bond donors (Lipinski definition) is 0. The Kier molecular flexibility index (Phi) is 3.60. The summed E-state index contributed by atoms with van der Waals surface area (Å²) in [5.74, 6) is 0. The van der Waals surface area contributed by atoms with Gasteiger partial charge < -0.3 is 0 Å². The Morgan fingerprint density at radius 1 is 0.545 bits per heavy atom. The summed E-state index contributed by atoms with van der Waals surface area (Å²) in [4.78, 5) is 2.42. The van der Waals surface area contributed by atoms with Crippen molar-refractivity contribution in [3.63, 3.8) is 0 Å². The summed E-state index contributed by atoms with van der Waals surface area (Å²) < 4.78 is 1.47. The monoisotopic (exact) mass is 347 g/mol. The second kappa shape index (κ2) is 5.88. The predicted octanol–water partition coefficient (Wildman–Crippen LogP) is 5.51. The SMILES string of the molecule is c1ccc(-c2c[se+]c3ccccc3c2-c2ccccc2)cc1. The molecule has 1 aromatic heterocycles. The molecule has 0 aliphatic rings. The minimum absolute atomic E-state index is 0.389. The third-order valence-electron chi connectivity index (χ3n) is 3.88. The summed E-state index contributed by atoms with van der Waals surface area (Å²) in [6, 6.07) is 30.3. The van der Waals surface area contributed by atoms with E-state index in [1.807, 2.05) is 0 Å². The molecule has 3 aromatic carbocycles. The van der Waals surface area contributed by atoms with Crippen LogP contribution in [0.1, 0.15) is 0 Å². The van der Waals surface area contributed by atoms with Crippen LogP contribution in [0, 0.1) is 0 Å². The van der Waals surface area contributed by atoms with E-state index in [1.54, 1.807) is 0 Å². The summed E-state index contributed by atoms with van der Waals surface area (Å²) in [5.41, 5.74) is 5.32. The van der Waals surface area contributed by atoms with Gasteiger partial charge in [-0.3, -0.25) is 0 Å². The van der Waals surface area contributed by atoms with Crippen LogP contribution >= 0.6 is 0 Å². The molecule has 22 heavy (non-hydrogen) atoms. The fourth-order valence-corrected chi connectivity index (χ4v) is 4.85. The average Bonchev–Trinajstić information content (AvgIpc) is 2.62. The first kappa shape index (κ1) is 13.5. The van der Waals surface area contributed by atoms with Crippen LogP contribution in [0.2, 0.25) is 0 Å². The van der Waals surface area contributed by atoms with Crippen LogP contribution in [0.3, 0.4) is 0 Å². The van der Waals surface area contributed by atoms with Crippen molar-refractivity contribution in [2.24, 2.45) is 0 Å². The van der Waals surface area contributed by atoms with Crippen molar-refractivity contribution < 1.29 is 0 Å². The molecule has 104 valence electrons. The van der Waals surface area contributed by atoms with Crippen molar-refractivity contribution >= 4 is 24.1 Å². The molecule has 0 nitrogen and oxygen atoms in total. The van der Waals surface area contributed by atoms with Gasteiger partial charge in [0.25, 0.3) is 0 Å². The Morgan fingerprint density at radius 3 is 1.86 bits per heavy atom. The van der Waals surface area contributed by atoms with Crippen molar-refractivity contribution in [3.05, 3.63) is 89.9 Å². The van der Waals surface area contributed by atoms with Gasteiger partial charge in [-0.2, -0.15) is 0 Å². The zero-order valence-corrected chi connectivity index (χ0v) is 13.8. The van der Waals surface area contributed by atoms with Gasteiger partial charge in [0.15, 0.2) is 0 Å². The molecule has 1 heterocycles. The van der Waals surface area contributed by atoms with E-state index in [2.05, 4.69) is 89.9 Å². The third kappa shape index (κ3) is 2.39. The van der Waals surface area contributed by atoms with Gasteiger partial charge >= 0.3 is 136 Å². The maximum atomic E-state index is 2.42. The van der Waals surface area contributed by atoms with Crippen molar-refractivity contribution in [2.75, 3.05) is 0 Å². The molecule has 0 unspecified atom stereocenters. The van der Waals surface area contributed by atoms with E-state index < -0.39 is 0 Å². The first-order chi connectivity index (χ1) is 10.9. The van der Waals surface area contributed by atoms with Crippen molar-refractivity contribution in [3.8, 4) is 22.3 Å². The van der Waals surface area contributed by atoms with Crippen LogP contribution in [0.4, 0.5) is 0 Å². The maximum absolute atomic E-state index is 2.42. The minimum atomic E-state index is 0.389. The molecule has 0 atom stereocenters. The van der Waals surface area contributed by atoms with Crippen molar-refractivity contribution in [2.45, 2.75) is 0 Å². The Labute approximate surface area is 136 Å². The van der Waals surface area contributed by atoms with Gasteiger partial charge in [0.2, 0.25) is 0 Å². The van der Waals surface area contributed by atoms with E-state index in [1.165, 1.54) is 31.9 Å². The third-order valence-corrected chi connectivity index (χ3v) is 5.90. The van der Waals surface area contributed by atoms with E-state index in [4.69, 9.17) is 0 Å². The normalized spacial score (nSPS) is 10.7. The van der Waals surface area contributed by atoms with Gasteiger partial charge in [0.05, 0.1) is 0 Å². The van der Waals surface area contributed by atoms with Crippen LogP contribution in [-0.2, 0) is 0 Å². The second-order valence-corrected chi connectivity index (χ2v) is 7.16. The van der Waals surface area contributed by atoms with E-state index >= 15 is 0 Å². The number of fused-ring (bicyclic) bond motifs is 1. The number of hydrogen-bond acceptors (Lipinski definition) is 0. The van der Waals surface area contributed by atoms with Crippen LogP contribution in [-0.4, -0.2) is 14.5 Å². The van der Waals surface area contributed by atoms with E-state index in [0.717, 1.165) is 0 Å². The summed E-state index contributed by atoms with van der Waals surface area (Å²) in [6.07, 6.45) is 0. The Hall–Kier alpha value is -2.21. The summed E-state index contributed by atoms with van der Waals surface area (Å²) >= 11 is 0.389.